The minimum Gasteiger partial charge on any atom is -0.493 e. The lowest BCUT2D eigenvalue weighted by Gasteiger charge is -2.40. The van der Waals surface area contributed by atoms with Crippen molar-refractivity contribution in [1.29, 1.82) is 0 Å². The third-order valence-electron chi connectivity index (χ3n) is 7.24. The van der Waals surface area contributed by atoms with Crippen LogP contribution in [0, 0.1) is 0 Å². The van der Waals surface area contributed by atoms with Crippen molar-refractivity contribution in [3.63, 3.8) is 0 Å². The zero-order chi connectivity index (χ0) is 32.1. The Kier molecular flexibility index (Phi) is 10.1. The first kappa shape index (κ1) is 32.6. The number of likely N-dealkylation sites (tertiary alicyclic amines) is 1. The molecule has 1 heterocycles. The van der Waals surface area contributed by atoms with Crippen LogP contribution < -0.4 is 23.8 Å². The predicted molar refractivity (Wildman–Crippen MR) is 162 cm³/mol. The van der Waals surface area contributed by atoms with Crippen molar-refractivity contribution in [2.75, 3.05) is 39.3 Å². The highest BCUT2D eigenvalue weighted by Gasteiger charge is 2.32. The van der Waals surface area contributed by atoms with E-state index in [1.165, 1.54) is 12.1 Å². The van der Waals surface area contributed by atoms with Gasteiger partial charge in [0.1, 0.15) is 11.4 Å². The fourth-order valence-corrected chi connectivity index (χ4v) is 5.25. The Bertz CT molecular complexity index is 1390. The molecule has 3 aromatic carbocycles. The molecule has 0 unspecified atom stereocenters. The number of rotatable bonds is 9. The van der Waals surface area contributed by atoms with Gasteiger partial charge in [-0.2, -0.15) is 0 Å². The molecular formula is C33H39F3N2O6. The van der Waals surface area contributed by atoms with E-state index in [4.69, 9.17) is 18.9 Å². The summed E-state index contributed by atoms with van der Waals surface area (Å²) in [6.07, 6.45) is -3.81. The quantitative estimate of drug-likeness (QED) is 0.244. The number of carbonyl (C=O) groups is 1. The largest absolute Gasteiger partial charge is 0.573 e. The molecule has 1 saturated heterocycles. The molecule has 0 radical (unpaired) electrons. The van der Waals surface area contributed by atoms with E-state index in [2.05, 4.69) is 15.7 Å². The molecule has 1 aliphatic heterocycles. The van der Waals surface area contributed by atoms with Gasteiger partial charge in [-0.15, -0.1) is 13.2 Å². The molecule has 1 fully saturated rings. The number of amides is 1. The Hall–Kier alpha value is -4.28. The highest BCUT2D eigenvalue weighted by molar-refractivity contribution is 5.72. The van der Waals surface area contributed by atoms with E-state index in [1.807, 2.05) is 51.1 Å². The van der Waals surface area contributed by atoms with Crippen LogP contribution in [0.15, 0.2) is 60.7 Å². The van der Waals surface area contributed by atoms with Crippen LogP contribution in [0.2, 0.25) is 0 Å². The van der Waals surface area contributed by atoms with Crippen molar-refractivity contribution in [1.82, 2.24) is 4.90 Å². The number of benzene rings is 3. The average molecular weight is 617 g/mol. The monoisotopic (exact) mass is 616 g/mol. The second kappa shape index (κ2) is 13.6. The first-order chi connectivity index (χ1) is 20.8. The van der Waals surface area contributed by atoms with E-state index >= 15 is 0 Å². The lowest BCUT2D eigenvalue weighted by molar-refractivity contribution is -0.274. The van der Waals surface area contributed by atoms with Crippen LogP contribution >= 0.6 is 0 Å². The van der Waals surface area contributed by atoms with Gasteiger partial charge >= 0.3 is 12.5 Å². The van der Waals surface area contributed by atoms with E-state index < -0.39 is 12.0 Å². The van der Waals surface area contributed by atoms with Crippen LogP contribution in [0.1, 0.15) is 39.2 Å². The highest BCUT2D eigenvalue weighted by atomic mass is 19.4. The summed E-state index contributed by atoms with van der Waals surface area (Å²) in [5.41, 5.74) is 2.93. The number of piperidine rings is 1. The minimum atomic E-state index is -4.77. The van der Waals surface area contributed by atoms with Gasteiger partial charge in [0, 0.05) is 31.4 Å². The summed E-state index contributed by atoms with van der Waals surface area (Å²) < 4.78 is 64.6. The first-order valence-electron chi connectivity index (χ1n) is 14.3. The zero-order valence-electron chi connectivity index (χ0n) is 25.9. The van der Waals surface area contributed by atoms with E-state index in [1.54, 1.807) is 38.4 Å². The van der Waals surface area contributed by atoms with Gasteiger partial charge in [-0.25, -0.2) is 4.79 Å². The number of carbonyl (C=O) groups excluding carboxylic acids is 1. The lowest BCUT2D eigenvalue weighted by atomic mass is 9.99. The maximum atomic E-state index is 12.8. The summed E-state index contributed by atoms with van der Waals surface area (Å²) in [4.78, 5) is 16.5. The molecule has 11 heteroatoms. The molecule has 0 atom stereocenters. The fraction of sp³-hybridized carbons (Fsp3) is 0.424. The topological polar surface area (TPSA) is 69.7 Å². The Balaban J connectivity index is 1.62. The van der Waals surface area contributed by atoms with Crippen molar-refractivity contribution in [2.24, 2.45) is 0 Å². The Morgan fingerprint density at radius 1 is 0.864 bits per heavy atom. The van der Waals surface area contributed by atoms with Crippen molar-refractivity contribution in [3.05, 3.63) is 66.2 Å². The summed E-state index contributed by atoms with van der Waals surface area (Å²) in [6, 6.07) is 17.7. The summed E-state index contributed by atoms with van der Waals surface area (Å²) >= 11 is 0. The van der Waals surface area contributed by atoms with Crippen molar-refractivity contribution in [2.45, 2.75) is 58.2 Å². The Morgan fingerprint density at radius 2 is 1.48 bits per heavy atom. The molecule has 1 aliphatic rings. The zero-order valence-corrected chi connectivity index (χ0v) is 25.9. The SMILES string of the molecule is COc1cc(-c2cccc(CN(c3ccc(OC(F)(F)F)cc3)C3CCN(C(=O)OC(C)(C)C)CC3)c2)cc(OC)c1OC. The average Bonchev–Trinajstić information content (AvgIpc) is 2.98. The second-order valence-corrected chi connectivity index (χ2v) is 11.5. The van der Waals surface area contributed by atoms with E-state index in [-0.39, 0.29) is 17.9 Å². The van der Waals surface area contributed by atoms with Gasteiger partial charge in [-0.3, -0.25) is 0 Å². The standard InChI is InChI=1S/C33H39F3N2O6/c1-32(2,3)44-31(39)37-16-14-26(15-17-37)38(25-10-12-27(13-11-25)43-33(34,35)36)21-22-8-7-9-23(18-22)24-19-28(40-4)30(42-6)29(20-24)41-5/h7-13,18-20,26H,14-17,21H2,1-6H3. The van der Waals surface area contributed by atoms with Crippen LogP contribution in [0.4, 0.5) is 23.7 Å². The minimum absolute atomic E-state index is 0.0212. The van der Waals surface area contributed by atoms with E-state index in [9.17, 15) is 18.0 Å². The molecule has 0 spiro atoms. The molecule has 0 aliphatic carbocycles. The third kappa shape index (κ3) is 8.42. The molecule has 0 bridgehead atoms. The number of anilines is 1. The maximum absolute atomic E-state index is 12.8. The molecule has 0 N–H and O–H groups in total. The highest BCUT2D eigenvalue weighted by Crippen LogP contribution is 2.41. The van der Waals surface area contributed by atoms with Gasteiger partial charge in [0.15, 0.2) is 11.5 Å². The molecule has 3 aromatic rings. The number of hydrogen-bond donors (Lipinski definition) is 0. The molecular weight excluding hydrogens is 577 g/mol. The van der Waals surface area contributed by atoms with Crippen LogP contribution in [-0.2, 0) is 11.3 Å². The van der Waals surface area contributed by atoms with Crippen molar-refractivity contribution in [3.8, 4) is 34.1 Å². The number of nitrogens with zero attached hydrogens (tertiary/aromatic N) is 2. The Labute approximate surface area is 256 Å². The van der Waals surface area contributed by atoms with Gasteiger partial charge in [0.25, 0.3) is 0 Å². The van der Waals surface area contributed by atoms with Crippen LogP contribution in [0.5, 0.6) is 23.0 Å². The van der Waals surface area contributed by atoms with Gasteiger partial charge in [-0.1, -0.05) is 18.2 Å². The third-order valence-corrected chi connectivity index (χ3v) is 7.24. The van der Waals surface area contributed by atoms with E-state index in [0.717, 1.165) is 22.4 Å². The smallest absolute Gasteiger partial charge is 0.493 e. The van der Waals surface area contributed by atoms with Crippen LogP contribution in [0.3, 0.4) is 0 Å². The van der Waals surface area contributed by atoms with Gasteiger partial charge in [-0.05, 0) is 92.8 Å². The molecule has 1 amide bonds. The Morgan fingerprint density at radius 3 is 2.00 bits per heavy atom. The maximum Gasteiger partial charge on any atom is 0.573 e. The number of methoxy groups -OCH3 is 3. The number of alkyl halides is 3. The first-order valence-corrected chi connectivity index (χ1v) is 14.3. The van der Waals surface area contributed by atoms with Crippen LogP contribution in [0.25, 0.3) is 11.1 Å². The number of ether oxygens (including phenoxy) is 5. The van der Waals surface area contributed by atoms with Crippen molar-refractivity contribution < 1.29 is 41.7 Å². The van der Waals surface area contributed by atoms with Gasteiger partial charge in [0.2, 0.25) is 5.75 Å². The lowest BCUT2D eigenvalue weighted by Crippen LogP contribution is -2.48. The molecule has 4 rings (SSSR count). The molecule has 0 aromatic heterocycles. The summed E-state index contributed by atoms with van der Waals surface area (Å²) in [6.45, 7) is 6.97. The summed E-state index contributed by atoms with van der Waals surface area (Å²) in [5, 5.41) is 0. The fourth-order valence-electron chi connectivity index (χ4n) is 5.25. The van der Waals surface area contributed by atoms with Gasteiger partial charge < -0.3 is 33.5 Å². The number of hydrogen-bond acceptors (Lipinski definition) is 7. The normalized spacial score (nSPS) is 14.2. The molecule has 44 heavy (non-hydrogen) atoms. The summed E-state index contributed by atoms with van der Waals surface area (Å²) in [7, 11) is 4.68. The van der Waals surface area contributed by atoms with E-state index in [0.29, 0.717) is 49.7 Å². The number of halogens is 3. The van der Waals surface area contributed by atoms with Crippen molar-refractivity contribution >= 4 is 11.8 Å². The second-order valence-electron chi connectivity index (χ2n) is 11.5. The molecule has 8 nitrogen and oxygen atoms in total. The van der Waals surface area contributed by atoms with Crippen LogP contribution in [-0.4, -0.2) is 63.4 Å². The molecule has 238 valence electrons. The summed E-state index contributed by atoms with van der Waals surface area (Å²) in [5.74, 6) is 1.28. The molecule has 0 saturated carbocycles. The van der Waals surface area contributed by atoms with Gasteiger partial charge in [0.05, 0.1) is 21.3 Å². The predicted octanol–water partition coefficient (Wildman–Crippen LogP) is 7.68.